The van der Waals surface area contributed by atoms with Gasteiger partial charge in [0.05, 0.1) is 34.0 Å². The second kappa shape index (κ2) is 6.10. The molecule has 0 saturated heterocycles. The normalized spacial score (nSPS) is 10.3. The molecule has 1 aromatic carbocycles. The quantitative estimate of drug-likeness (QED) is 0.863. The lowest BCUT2D eigenvalue weighted by Crippen LogP contribution is -2.18. The van der Waals surface area contributed by atoms with Crippen molar-refractivity contribution in [1.29, 1.82) is 5.26 Å². The second-order valence-corrected chi connectivity index (χ2v) is 5.49. The first kappa shape index (κ1) is 14.6. The van der Waals surface area contributed by atoms with Crippen molar-refractivity contribution in [3.63, 3.8) is 0 Å². The van der Waals surface area contributed by atoms with E-state index in [1.165, 1.54) is 0 Å². The molecule has 2 aromatic rings. The van der Waals surface area contributed by atoms with E-state index in [2.05, 4.69) is 38.9 Å². The van der Waals surface area contributed by atoms with Gasteiger partial charge in [0.1, 0.15) is 0 Å². The molecule has 0 saturated carbocycles. The lowest BCUT2D eigenvalue weighted by molar-refractivity contribution is 0.688. The molecule has 5 heteroatoms. The van der Waals surface area contributed by atoms with E-state index in [1.807, 2.05) is 43.0 Å². The van der Waals surface area contributed by atoms with E-state index in [9.17, 15) is 0 Å². The number of nitriles is 1. The molecule has 0 spiro atoms. The third-order valence-electron chi connectivity index (χ3n) is 3.33. The fraction of sp³-hybridized carbons (Fsp3) is 0.333. The van der Waals surface area contributed by atoms with Crippen LogP contribution in [0.2, 0.25) is 0 Å². The van der Waals surface area contributed by atoms with Crippen LogP contribution < -0.4 is 4.90 Å². The molecular weight excluding hydrogens is 316 g/mol. The second-order valence-electron chi connectivity index (χ2n) is 4.70. The highest BCUT2D eigenvalue weighted by Gasteiger charge is 2.14. The van der Waals surface area contributed by atoms with Gasteiger partial charge in [-0.3, -0.25) is 4.68 Å². The summed E-state index contributed by atoms with van der Waals surface area (Å²) >= 11 is 3.63. The maximum absolute atomic E-state index is 8.82. The van der Waals surface area contributed by atoms with E-state index in [0.717, 1.165) is 34.5 Å². The fourth-order valence-electron chi connectivity index (χ4n) is 2.10. The number of hydrogen-bond donors (Lipinski definition) is 0. The van der Waals surface area contributed by atoms with Crippen LogP contribution in [-0.2, 0) is 20.0 Å². The average Bonchev–Trinajstić information content (AvgIpc) is 2.74. The van der Waals surface area contributed by atoms with Crippen LogP contribution in [0.3, 0.4) is 0 Å². The van der Waals surface area contributed by atoms with Gasteiger partial charge in [0.15, 0.2) is 0 Å². The predicted molar refractivity (Wildman–Crippen MR) is 83.6 cm³/mol. The zero-order chi connectivity index (χ0) is 14.7. The van der Waals surface area contributed by atoms with Crippen molar-refractivity contribution in [2.75, 3.05) is 11.9 Å². The number of rotatable bonds is 4. The molecule has 0 unspecified atom stereocenters. The Labute approximate surface area is 127 Å². The van der Waals surface area contributed by atoms with Gasteiger partial charge in [-0.05, 0) is 46.6 Å². The topological polar surface area (TPSA) is 44.9 Å². The highest BCUT2D eigenvalue weighted by molar-refractivity contribution is 9.10. The predicted octanol–water partition coefficient (Wildman–Crippen LogP) is 3.25. The summed E-state index contributed by atoms with van der Waals surface area (Å²) in [5.74, 6) is 0. The summed E-state index contributed by atoms with van der Waals surface area (Å²) in [5, 5.41) is 13.3. The van der Waals surface area contributed by atoms with E-state index in [0.29, 0.717) is 5.56 Å². The number of hydrogen-bond acceptors (Lipinski definition) is 3. The number of aromatic nitrogens is 2. The van der Waals surface area contributed by atoms with E-state index < -0.39 is 0 Å². The molecule has 0 aliphatic rings. The maximum atomic E-state index is 8.82. The SMILES string of the molecule is CCc1nn(C)c(CN(C)c2ccc(C#N)cc2)c1Br. The molecule has 0 bridgehead atoms. The summed E-state index contributed by atoms with van der Waals surface area (Å²) in [6, 6.07) is 9.73. The molecule has 20 heavy (non-hydrogen) atoms. The van der Waals surface area contributed by atoms with Gasteiger partial charge in [-0.25, -0.2) is 0 Å². The summed E-state index contributed by atoms with van der Waals surface area (Å²) in [6.07, 6.45) is 0.912. The Hall–Kier alpha value is -1.80. The van der Waals surface area contributed by atoms with E-state index in [-0.39, 0.29) is 0 Å². The van der Waals surface area contributed by atoms with Gasteiger partial charge in [-0.2, -0.15) is 10.4 Å². The Morgan fingerprint density at radius 2 is 2.00 bits per heavy atom. The molecule has 0 fully saturated rings. The summed E-state index contributed by atoms with van der Waals surface area (Å²) < 4.78 is 3.01. The zero-order valence-corrected chi connectivity index (χ0v) is 13.5. The fourth-order valence-corrected chi connectivity index (χ4v) is 2.84. The molecule has 0 atom stereocenters. The van der Waals surface area contributed by atoms with Crippen molar-refractivity contribution in [2.45, 2.75) is 19.9 Å². The average molecular weight is 333 g/mol. The number of aryl methyl sites for hydroxylation is 2. The van der Waals surface area contributed by atoms with Gasteiger partial charge in [0, 0.05) is 19.8 Å². The zero-order valence-electron chi connectivity index (χ0n) is 11.9. The minimum absolute atomic E-state index is 0.678. The van der Waals surface area contributed by atoms with Crippen LogP contribution in [0, 0.1) is 11.3 Å². The highest BCUT2D eigenvalue weighted by atomic mass is 79.9. The molecule has 1 aromatic heterocycles. The van der Waals surface area contributed by atoms with Gasteiger partial charge >= 0.3 is 0 Å². The van der Waals surface area contributed by atoms with Crippen molar-refractivity contribution in [3.05, 3.63) is 45.7 Å². The molecule has 104 valence electrons. The van der Waals surface area contributed by atoms with Gasteiger partial charge in [-0.1, -0.05) is 6.92 Å². The monoisotopic (exact) mass is 332 g/mol. The van der Waals surface area contributed by atoms with Crippen LogP contribution in [0.25, 0.3) is 0 Å². The number of halogens is 1. The molecule has 0 N–H and O–H groups in total. The Bertz CT molecular complexity index is 637. The molecule has 2 rings (SSSR count). The lowest BCUT2D eigenvalue weighted by atomic mass is 10.2. The first-order valence-electron chi connectivity index (χ1n) is 6.48. The van der Waals surface area contributed by atoms with Gasteiger partial charge in [0.25, 0.3) is 0 Å². The summed E-state index contributed by atoms with van der Waals surface area (Å²) in [7, 11) is 4.00. The van der Waals surface area contributed by atoms with Crippen LogP contribution in [0.1, 0.15) is 23.9 Å². The van der Waals surface area contributed by atoms with E-state index in [4.69, 9.17) is 5.26 Å². The summed E-state index contributed by atoms with van der Waals surface area (Å²) in [5.41, 5.74) is 3.98. The van der Waals surface area contributed by atoms with E-state index >= 15 is 0 Å². The maximum Gasteiger partial charge on any atom is 0.0991 e. The molecular formula is C15H17BrN4. The Balaban J connectivity index is 2.21. The molecule has 0 aliphatic carbocycles. The van der Waals surface area contributed by atoms with Crippen LogP contribution in [-0.4, -0.2) is 16.8 Å². The smallest absolute Gasteiger partial charge is 0.0991 e. The van der Waals surface area contributed by atoms with Gasteiger partial charge in [-0.15, -0.1) is 0 Å². The largest absolute Gasteiger partial charge is 0.369 e. The van der Waals surface area contributed by atoms with Crippen molar-refractivity contribution in [3.8, 4) is 6.07 Å². The van der Waals surface area contributed by atoms with Crippen molar-refractivity contribution in [2.24, 2.45) is 7.05 Å². The third kappa shape index (κ3) is 2.86. The standard InChI is InChI=1S/C15H17BrN4/c1-4-13-15(16)14(20(3)18-13)10-19(2)12-7-5-11(9-17)6-8-12/h5-8H,4,10H2,1-3H3. The highest BCUT2D eigenvalue weighted by Crippen LogP contribution is 2.24. The van der Waals surface area contributed by atoms with Gasteiger partial charge < -0.3 is 4.90 Å². The summed E-state index contributed by atoms with van der Waals surface area (Å²) in [4.78, 5) is 2.14. The van der Waals surface area contributed by atoms with Crippen LogP contribution in [0.4, 0.5) is 5.69 Å². The molecule has 4 nitrogen and oxygen atoms in total. The van der Waals surface area contributed by atoms with Crippen LogP contribution in [0.5, 0.6) is 0 Å². The first-order chi connectivity index (χ1) is 9.56. The van der Waals surface area contributed by atoms with Crippen LogP contribution >= 0.6 is 15.9 Å². The van der Waals surface area contributed by atoms with Crippen molar-refractivity contribution in [1.82, 2.24) is 9.78 Å². The minimum Gasteiger partial charge on any atom is -0.369 e. The van der Waals surface area contributed by atoms with Gasteiger partial charge in [0.2, 0.25) is 0 Å². The number of nitrogens with zero attached hydrogens (tertiary/aromatic N) is 4. The molecule has 0 radical (unpaired) electrons. The molecule has 1 heterocycles. The molecule has 0 aliphatic heterocycles. The first-order valence-corrected chi connectivity index (χ1v) is 7.27. The number of anilines is 1. The Morgan fingerprint density at radius 1 is 1.35 bits per heavy atom. The van der Waals surface area contributed by atoms with Crippen molar-refractivity contribution < 1.29 is 0 Å². The Morgan fingerprint density at radius 3 is 2.50 bits per heavy atom. The molecule has 0 amide bonds. The van der Waals surface area contributed by atoms with Crippen molar-refractivity contribution >= 4 is 21.6 Å². The Kier molecular flexibility index (Phi) is 4.46. The lowest BCUT2D eigenvalue weighted by Gasteiger charge is -2.19. The third-order valence-corrected chi connectivity index (χ3v) is 4.24. The number of benzene rings is 1. The minimum atomic E-state index is 0.678. The summed E-state index contributed by atoms with van der Waals surface area (Å²) in [6.45, 7) is 2.86. The van der Waals surface area contributed by atoms with E-state index in [1.54, 1.807) is 0 Å². The van der Waals surface area contributed by atoms with Crippen LogP contribution in [0.15, 0.2) is 28.7 Å².